The van der Waals surface area contributed by atoms with Crippen LogP contribution in [0.5, 0.6) is 0 Å². The van der Waals surface area contributed by atoms with Crippen molar-refractivity contribution in [3.8, 4) is 11.3 Å². The molecule has 1 fully saturated rings. The van der Waals surface area contributed by atoms with Gasteiger partial charge in [0.15, 0.2) is 0 Å². The van der Waals surface area contributed by atoms with E-state index >= 15 is 0 Å². The number of benzene rings is 2. The molecule has 2 aromatic heterocycles. The molecule has 0 saturated carbocycles. The highest BCUT2D eigenvalue weighted by Gasteiger charge is 2.22. The van der Waals surface area contributed by atoms with Crippen molar-refractivity contribution in [2.45, 2.75) is 51.5 Å². The van der Waals surface area contributed by atoms with Crippen molar-refractivity contribution in [3.63, 3.8) is 0 Å². The summed E-state index contributed by atoms with van der Waals surface area (Å²) in [4.78, 5) is 7.35. The van der Waals surface area contributed by atoms with Gasteiger partial charge in [0, 0.05) is 30.4 Å². The molecule has 0 atom stereocenters. The fourth-order valence-corrected chi connectivity index (χ4v) is 5.82. The number of fused-ring (bicyclic) bond motifs is 2. The molecule has 0 amide bonds. The summed E-state index contributed by atoms with van der Waals surface area (Å²) in [7, 11) is 0. The van der Waals surface area contributed by atoms with Gasteiger partial charge in [0.25, 0.3) is 0 Å². The average molecular weight is 448 g/mol. The van der Waals surface area contributed by atoms with Gasteiger partial charge in [0.05, 0.1) is 5.69 Å². The normalized spacial score (nSPS) is 16.6. The van der Waals surface area contributed by atoms with Crippen molar-refractivity contribution < 1.29 is 0 Å². The SMILES string of the molecule is CC(C)N1CCC(c2ccc(Cc3ccc(-c4cccc5c4C=CC5)n4ccnc34)cc2)CC1. The Kier molecular flexibility index (Phi) is 5.58. The van der Waals surface area contributed by atoms with Crippen LogP contribution >= 0.6 is 0 Å². The first-order valence-electron chi connectivity index (χ1n) is 12.7. The first-order valence-corrected chi connectivity index (χ1v) is 12.7. The van der Waals surface area contributed by atoms with Gasteiger partial charge in [-0.3, -0.25) is 4.40 Å². The zero-order valence-electron chi connectivity index (χ0n) is 20.2. The Hall–Kier alpha value is -3.17. The number of piperidine rings is 1. The smallest absolute Gasteiger partial charge is 0.140 e. The third-order valence-electron chi connectivity index (χ3n) is 7.83. The average Bonchev–Trinajstić information content (AvgIpc) is 3.55. The van der Waals surface area contributed by atoms with Crippen LogP contribution in [0.4, 0.5) is 0 Å². The van der Waals surface area contributed by atoms with Gasteiger partial charge in [-0.05, 0) is 86.0 Å². The predicted octanol–water partition coefficient (Wildman–Crippen LogP) is 6.75. The van der Waals surface area contributed by atoms with E-state index in [-0.39, 0.29) is 0 Å². The maximum absolute atomic E-state index is 4.75. The predicted molar refractivity (Wildman–Crippen MR) is 141 cm³/mol. The molecule has 2 aromatic carbocycles. The summed E-state index contributed by atoms with van der Waals surface area (Å²) in [6, 6.07) is 21.2. The molecule has 0 bridgehead atoms. The van der Waals surface area contributed by atoms with Crippen molar-refractivity contribution >= 4 is 11.7 Å². The van der Waals surface area contributed by atoms with E-state index < -0.39 is 0 Å². The van der Waals surface area contributed by atoms with E-state index in [4.69, 9.17) is 4.98 Å². The van der Waals surface area contributed by atoms with Crippen LogP contribution in [0.25, 0.3) is 23.0 Å². The standard InChI is InChI=1S/C31H33N3/c1-22(2)33-18-15-25(16-19-33)24-11-9-23(10-12-24)21-27-13-14-30(34-20-17-32-31(27)34)29-8-4-6-26-5-3-7-28(26)29/h3-4,6-14,17,20,22,25H,5,15-16,18-19,21H2,1-2H3. The summed E-state index contributed by atoms with van der Waals surface area (Å²) in [5, 5.41) is 0. The van der Waals surface area contributed by atoms with Crippen LogP contribution in [-0.4, -0.2) is 33.4 Å². The molecular formula is C31H33N3. The highest BCUT2D eigenvalue weighted by Crippen LogP contribution is 2.33. The van der Waals surface area contributed by atoms with E-state index in [0.29, 0.717) is 12.0 Å². The van der Waals surface area contributed by atoms with Crippen LogP contribution in [0.15, 0.2) is 73.1 Å². The largest absolute Gasteiger partial charge is 0.301 e. The number of nitrogens with zero attached hydrogens (tertiary/aromatic N) is 3. The third kappa shape index (κ3) is 3.88. The quantitative estimate of drug-likeness (QED) is 0.337. The fourth-order valence-electron chi connectivity index (χ4n) is 5.82. The molecule has 2 aliphatic rings. The Morgan fingerprint density at radius 1 is 0.971 bits per heavy atom. The molecule has 0 N–H and O–H groups in total. The highest BCUT2D eigenvalue weighted by atomic mass is 15.1. The number of imidazole rings is 1. The second kappa shape index (κ2) is 8.88. The summed E-state index contributed by atoms with van der Waals surface area (Å²) in [5.74, 6) is 0.698. The van der Waals surface area contributed by atoms with E-state index in [0.717, 1.165) is 18.5 Å². The molecule has 3 heterocycles. The monoisotopic (exact) mass is 447 g/mol. The molecule has 3 nitrogen and oxygen atoms in total. The fraction of sp³-hybridized carbons (Fsp3) is 0.323. The van der Waals surface area contributed by atoms with Gasteiger partial charge in [-0.15, -0.1) is 0 Å². The molecule has 1 aliphatic heterocycles. The minimum atomic E-state index is 0.661. The summed E-state index contributed by atoms with van der Waals surface area (Å²) in [5.41, 5.74) is 10.4. The zero-order chi connectivity index (χ0) is 23.1. The second-order valence-electron chi connectivity index (χ2n) is 10.2. The van der Waals surface area contributed by atoms with E-state index in [2.05, 4.69) is 96.1 Å². The zero-order valence-corrected chi connectivity index (χ0v) is 20.2. The number of pyridine rings is 1. The van der Waals surface area contributed by atoms with Crippen LogP contribution in [0.2, 0.25) is 0 Å². The van der Waals surface area contributed by atoms with Gasteiger partial charge >= 0.3 is 0 Å². The Bertz CT molecular complexity index is 1340. The summed E-state index contributed by atoms with van der Waals surface area (Å²) < 4.78 is 2.26. The number of hydrogen-bond donors (Lipinski definition) is 0. The van der Waals surface area contributed by atoms with Crippen molar-refractivity contribution in [1.29, 1.82) is 0 Å². The second-order valence-corrected chi connectivity index (χ2v) is 10.2. The van der Waals surface area contributed by atoms with Gasteiger partial charge < -0.3 is 4.90 Å². The number of allylic oxidation sites excluding steroid dienone is 1. The maximum atomic E-state index is 4.75. The van der Waals surface area contributed by atoms with Crippen molar-refractivity contribution in [1.82, 2.24) is 14.3 Å². The Labute approximate surface area is 202 Å². The first kappa shape index (κ1) is 21.4. The van der Waals surface area contributed by atoms with Crippen molar-refractivity contribution in [2.75, 3.05) is 13.1 Å². The van der Waals surface area contributed by atoms with E-state index in [1.54, 1.807) is 0 Å². The maximum Gasteiger partial charge on any atom is 0.140 e. The molecule has 4 aromatic rings. The van der Waals surface area contributed by atoms with Crippen LogP contribution in [-0.2, 0) is 12.8 Å². The lowest BCUT2D eigenvalue weighted by Gasteiger charge is -2.34. The van der Waals surface area contributed by atoms with Crippen LogP contribution < -0.4 is 0 Å². The van der Waals surface area contributed by atoms with Gasteiger partial charge in [-0.1, -0.05) is 60.7 Å². The summed E-state index contributed by atoms with van der Waals surface area (Å²) in [6.45, 7) is 7.05. The third-order valence-corrected chi connectivity index (χ3v) is 7.83. The minimum absolute atomic E-state index is 0.661. The van der Waals surface area contributed by atoms with Gasteiger partial charge in [0.1, 0.15) is 5.65 Å². The number of hydrogen-bond acceptors (Lipinski definition) is 2. The van der Waals surface area contributed by atoms with Gasteiger partial charge in [0.2, 0.25) is 0 Å². The molecule has 172 valence electrons. The Morgan fingerprint density at radius 3 is 2.59 bits per heavy atom. The van der Waals surface area contributed by atoms with E-state index in [9.17, 15) is 0 Å². The summed E-state index contributed by atoms with van der Waals surface area (Å²) in [6.07, 6.45) is 13.0. The lowest BCUT2D eigenvalue weighted by Crippen LogP contribution is -2.37. The van der Waals surface area contributed by atoms with Gasteiger partial charge in [-0.2, -0.15) is 0 Å². The van der Waals surface area contributed by atoms with Crippen LogP contribution in [0, 0.1) is 0 Å². The number of aromatic nitrogens is 2. The van der Waals surface area contributed by atoms with E-state index in [1.807, 2.05) is 6.20 Å². The highest BCUT2D eigenvalue weighted by molar-refractivity contribution is 5.79. The first-order chi connectivity index (χ1) is 16.7. The summed E-state index contributed by atoms with van der Waals surface area (Å²) >= 11 is 0. The number of likely N-dealkylation sites (tertiary alicyclic amines) is 1. The van der Waals surface area contributed by atoms with Gasteiger partial charge in [-0.25, -0.2) is 4.98 Å². The molecule has 3 heteroatoms. The van der Waals surface area contributed by atoms with Crippen molar-refractivity contribution in [2.24, 2.45) is 0 Å². The van der Waals surface area contributed by atoms with Crippen LogP contribution in [0.1, 0.15) is 60.4 Å². The topological polar surface area (TPSA) is 20.5 Å². The molecule has 0 spiro atoms. The molecule has 34 heavy (non-hydrogen) atoms. The number of rotatable bonds is 5. The molecule has 0 radical (unpaired) electrons. The van der Waals surface area contributed by atoms with E-state index in [1.165, 1.54) is 65.0 Å². The Balaban J connectivity index is 1.23. The lowest BCUT2D eigenvalue weighted by atomic mass is 9.88. The van der Waals surface area contributed by atoms with Crippen molar-refractivity contribution in [3.05, 3.63) is 101 Å². The Morgan fingerprint density at radius 2 is 1.79 bits per heavy atom. The molecular weight excluding hydrogens is 414 g/mol. The minimum Gasteiger partial charge on any atom is -0.301 e. The molecule has 1 aliphatic carbocycles. The van der Waals surface area contributed by atoms with Crippen LogP contribution in [0.3, 0.4) is 0 Å². The molecule has 6 rings (SSSR count). The molecule has 1 saturated heterocycles. The molecule has 0 unspecified atom stereocenters. The lowest BCUT2D eigenvalue weighted by molar-refractivity contribution is 0.172.